The number of halogens is 3. The zero-order valence-corrected chi connectivity index (χ0v) is 10.3. The molecule has 0 spiro atoms. The van der Waals surface area contributed by atoms with E-state index in [0.717, 1.165) is 13.0 Å². The molecule has 6 heteroatoms. The number of aromatic nitrogens is 1. The maximum absolute atomic E-state index is 12.7. The van der Waals surface area contributed by atoms with Crippen molar-refractivity contribution in [3.05, 3.63) is 17.0 Å². The number of fused-ring (bicyclic) bond motifs is 1. The van der Waals surface area contributed by atoms with Gasteiger partial charge in [-0.15, -0.1) is 0 Å². The molecule has 0 aliphatic heterocycles. The van der Waals surface area contributed by atoms with E-state index in [0.29, 0.717) is 30.0 Å². The minimum Gasteiger partial charge on any atom is -0.361 e. The quantitative estimate of drug-likeness (QED) is 0.848. The van der Waals surface area contributed by atoms with Crippen molar-refractivity contribution in [3.8, 4) is 0 Å². The van der Waals surface area contributed by atoms with E-state index in [-0.39, 0.29) is 12.8 Å². The first-order valence-corrected chi connectivity index (χ1v) is 6.26. The third-order valence-electron chi connectivity index (χ3n) is 3.30. The predicted molar refractivity (Wildman–Crippen MR) is 60.1 cm³/mol. The average Bonchev–Trinajstić information content (AvgIpc) is 2.71. The second-order valence-corrected chi connectivity index (χ2v) is 4.69. The molecule has 0 saturated heterocycles. The molecule has 1 aliphatic rings. The van der Waals surface area contributed by atoms with Gasteiger partial charge >= 0.3 is 6.18 Å². The molecule has 0 fully saturated rings. The Labute approximate surface area is 104 Å². The van der Waals surface area contributed by atoms with Gasteiger partial charge in [-0.25, -0.2) is 0 Å². The second kappa shape index (κ2) is 5.30. The van der Waals surface area contributed by atoms with Crippen LogP contribution in [-0.2, 0) is 19.4 Å². The summed E-state index contributed by atoms with van der Waals surface area (Å²) in [5.41, 5.74) is 1.29. The Balaban J connectivity index is 2.07. The van der Waals surface area contributed by atoms with Gasteiger partial charge < -0.3 is 9.84 Å². The van der Waals surface area contributed by atoms with Gasteiger partial charge in [0.2, 0.25) is 0 Å². The molecule has 0 radical (unpaired) electrons. The van der Waals surface area contributed by atoms with Gasteiger partial charge in [-0.2, -0.15) is 13.2 Å². The van der Waals surface area contributed by atoms with Crippen LogP contribution in [0.2, 0.25) is 0 Å². The lowest BCUT2D eigenvalue weighted by Gasteiger charge is -2.23. The maximum Gasteiger partial charge on any atom is 0.392 e. The highest BCUT2D eigenvalue weighted by molar-refractivity contribution is 5.26. The van der Waals surface area contributed by atoms with Crippen LogP contribution in [0.1, 0.15) is 36.8 Å². The molecular formula is C12H17F3N2O. The van der Waals surface area contributed by atoms with Crippen LogP contribution in [0, 0.1) is 5.92 Å². The second-order valence-electron chi connectivity index (χ2n) is 4.69. The van der Waals surface area contributed by atoms with Crippen LogP contribution in [0.4, 0.5) is 13.2 Å². The van der Waals surface area contributed by atoms with Crippen molar-refractivity contribution in [1.29, 1.82) is 0 Å². The monoisotopic (exact) mass is 262 g/mol. The normalized spacial score (nSPS) is 19.9. The third kappa shape index (κ3) is 2.85. The molecule has 102 valence electrons. The van der Waals surface area contributed by atoms with Crippen LogP contribution >= 0.6 is 0 Å². The summed E-state index contributed by atoms with van der Waals surface area (Å²) in [6.45, 7) is 3.34. The summed E-state index contributed by atoms with van der Waals surface area (Å²) < 4.78 is 43.3. The van der Waals surface area contributed by atoms with Crippen LogP contribution in [0.3, 0.4) is 0 Å². The molecule has 1 aliphatic carbocycles. The zero-order valence-electron chi connectivity index (χ0n) is 10.3. The van der Waals surface area contributed by atoms with E-state index in [1.54, 1.807) is 0 Å². The van der Waals surface area contributed by atoms with Gasteiger partial charge in [-0.1, -0.05) is 12.1 Å². The van der Waals surface area contributed by atoms with Crippen LogP contribution < -0.4 is 5.32 Å². The van der Waals surface area contributed by atoms with Crippen molar-refractivity contribution < 1.29 is 17.7 Å². The molecule has 3 nitrogen and oxygen atoms in total. The highest BCUT2D eigenvalue weighted by Gasteiger charge is 2.42. The van der Waals surface area contributed by atoms with Gasteiger partial charge in [0.05, 0.1) is 5.92 Å². The summed E-state index contributed by atoms with van der Waals surface area (Å²) in [7, 11) is 0. The first-order chi connectivity index (χ1) is 8.52. The Bertz CT molecular complexity index is 401. The van der Waals surface area contributed by atoms with Crippen LogP contribution in [0.15, 0.2) is 4.52 Å². The molecule has 1 N–H and O–H groups in total. The maximum atomic E-state index is 12.7. The van der Waals surface area contributed by atoms with Crippen molar-refractivity contribution in [2.45, 2.75) is 45.3 Å². The lowest BCUT2D eigenvalue weighted by atomic mass is 9.86. The SMILES string of the molecule is CCCNCc1noc2c1CC(C(F)(F)F)CC2. The van der Waals surface area contributed by atoms with E-state index < -0.39 is 12.1 Å². The first-order valence-electron chi connectivity index (χ1n) is 6.26. The Hall–Kier alpha value is -1.04. The van der Waals surface area contributed by atoms with Crippen LogP contribution in [0.25, 0.3) is 0 Å². The molecule has 1 aromatic rings. The number of hydrogen-bond donors (Lipinski definition) is 1. The zero-order chi connectivity index (χ0) is 13.2. The van der Waals surface area contributed by atoms with Crippen LogP contribution in [0.5, 0.6) is 0 Å². The van der Waals surface area contributed by atoms with E-state index in [1.807, 2.05) is 6.92 Å². The van der Waals surface area contributed by atoms with E-state index in [2.05, 4.69) is 10.5 Å². The third-order valence-corrected chi connectivity index (χ3v) is 3.30. The van der Waals surface area contributed by atoms with E-state index in [9.17, 15) is 13.2 Å². The van der Waals surface area contributed by atoms with Gasteiger partial charge in [-0.3, -0.25) is 0 Å². The fourth-order valence-corrected chi connectivity index (χ4v) is 2.27. The molecule has 0 saturated carbocycles. The minimum absolute atomic E-state index is 0.00543. The predicted octanol–water partition coefficient (Wildman–Crippen LogP) is 2.84. The topological polar surface area (TPSA) is 38.1 Å². The summed E-state index contributed by atoms with van der Waals surface area (Å²) in [4.78, 5) is 0. The first kappa shape index (κ1) is 13.4. The fourth-order valence-electron chi connectivity index (χ4n) is 2.27. The molecular weight excluding hydrogens is 245 g/mol. The van der Waals surface area contributed by atoms with Crippen molar-refractivity contribution >= 4 is 0 Å². The summed E-state index contributed by atoms with van der Waals surface area (Å²) in [6, 6.07) is 0. The number of nitrogens with one attached hydrogen (secondary N) is 1. The smallest absolute Gasteiger partial charge is 0.361 e. The van der Waals surface area contributed by atoms with Crippen molar-refractivity contribution in [3.63, 3.8) is 0 Å². The van der Waals surface area contributed by atoms with E-state index in [4.69, 9.17) is 4.52 Å². The van der Waals surface area contributed by atoms with Gasteiger partial charge in [-0.05, 0) is 25.8 Å². The molecule has 1 heterocycles. The largest absolute Gasteiger partial charge is 0.392 e. The molecule has 18 heavy (non-hydrogen) atoms. The van der Waals surface area contributed by atoms with Crippen LogP contribution in [-0.4, -0.2) is 17.9 Å². The van der Waals surface area contributed by atoms with Gasteiger partial charge in [0, 0.05) is 18.5 Å². The Morgan fingerprint density at radius 2 is 2.22 bits per heavy atom. The molecule has 0 bridgehead atoms. The van der Waals surface area contributed by atoms with Crippen molar-refractivity contribution in [2.75, 3.05) is 6.54 Å². The average molecular weight is 262 g/mol. The minimum atomic E-state index is -4.12. The standard InChI is InChI=1S/C12H17F3N2O/c1-2-5-16-7-10-9-6-8(12(13,14)15)3-4-11(9)18-17-10/h8,16H,2-7H2,1H3. The van der Waals surface area contributed by atoms with Crippen molar-refractivity contribution in [2.24, 2.45) is 5.92 Å². The molecule has 2 rings (SSSR count). The summed E-state index contributed by atoms with van der Waals surface area (Å²) in [5, 5.41) is 7.02. The number of nitrogens with zero attached hydrogens (tertiary/aromatic N) is 1. The number of aryl methyl sites for hydroxylation is 1. The lowest BCUT2D eigenvalue weighted by Crippen LogP contribution is -2.29. The Kier molecular flexibility index (Phi) is 3.94. The summed E-state index contributed by atoms with van der Waals surface area (Å²) in [5.74, 6) is -0.627. The molecule has 0 aromatic carbocycles. The van der Waals surface area contributed by atoms with E-state index in [1.165, 1.54) is 0 Å². The fraction of sp³-hybridized carbons (Fsp3) is 0.750. The van der Waals surface area contributed by atoms with E-state index >= 15 is 0 Å². The number of hydrogen-bond acceptors (Lipinski definition) is 3. The Morgan fingerprint density at radius 1 is 1.44 bits per heavy atom. The highest BCUT2D eigenvalue weighted by atomic mass is 19.4. The lowest BCUT2D eigenvalue weighted by molar-refractivity contribution is -0.177. The molecule has 0 amide bonds. The molecule has 1 atom stereocenters. The number of alkyl halides is 3. The van der Waals surface area contributed by atoms with Gasteiger partial charge in [0.15, 0.2) is 0 Å². The Morgan fingerprint density at radius 3 is 2.89 bits per heavy atom. The highest BCUT2D eigenvalue weighted by Crippen LogP contribution is 2.38. The van der Waals surface area contributed by atoms with Gasteiger partial charge in [0.25, 0.3) is 0 Å². The van der Waals surface area contributed by atoms with Gasteiger partial charge in [0.1, 0.15) is 11.5 Å². The molecule has 1 unspecified atom stereocenters. The summed E-state index contributed by atoms with van der Waals surface area (Å²) in [6.07, 6.45) is -2.70. The number of rotatable bonds is 4. The molecule has 1 aromatic heterocycles. The van der Waals surface area contributed by atoms with Crippen molar-refractivity contribution in [1.82, 2.24) is 10.5 Å². The summed E-state index contributed by atoms with van der Waals surface area (Å²) >= 11 is 0.